The third-order valence-corrected chi connectivity index (χ3v) is 5.33. The Balaban J connectivity index is 1.53. The van der Waals surface area contributed by atoms with Gasteiger partial charge in [-0.25, -0.2) is 0 Å². The number of amides is 3. The Labute approximate surface area is 178 Å². The molecule has 0 fully saturated rings. The van der Waals surface area contributed by atoms with Crippen LogP contribution in [0.25, 0.3) is 0 Å². The monoisotopic (exact) mass is 421 g/mol. The summed E-state index contributed by atoms with van der Waals surface area (Å²) in [5.74, 6) is -0.484. The third-order valence-electron chi connectivity index (χ3n) is 5.33. The van der Waals surface area contributed by atoms with Crippen molar-refractivity contribution < 1.29 is 18.9 Å². The van der Waals surface area contributed by atoms with E-state index in [1.54, 1.807) is 30.0 Å². The highest BCUT2D eigenvalue weighted by molar-refractivity contribution is 6.10. The zero-order valence-electron chi connectivity index (χ0n) is 17.5. The van der Waals surface area contributed by atoms with E-state index < -0.39 is 0 Å². The van der Waals surface area contributed by atoms with Crippen LogP contribution in [0.4, 0.5) is 11.5 Å². The van der Waals surface area contributed by atoms with Crippen LogP contribution < -0.4 is 10.6 Å². The fraction of sp³-hybridized carbons (Fsp3) is 0.273. The summed E-state index contributed by atoms with van der Waals surface area (Å²) in [6, 6.07) is 6.55. The fourth-order valence-corrected chi connectivity index (χ4v) is 3.71. The molecule has 3 aromatic rings. The second-order valence-electron chi connectivity index (χ2n) is 7.53. The minimum absolute atomic E-state index is 0.0487. The van der Waals surface area contributed by atoms with Gasteiger partial charge in [0.2, 0.25) is 0 Å². The lowest BCUT2D eigenvalue weighted by atomic mass is 10.1. The van der Waals surface area contributed by atoms with Gasteiger partial charge in [-0.3, -0.25) is 14.4 Å². The predicted molar refractivity (Wildman–Crippen MR) is 114 cm³/mol. The van der Waals surface area contributed by atoms with E-state index in [9.17, 15) is 14.4 Å². The highest BCUT2D eigenvalue weighted by Crippen LogP contribution is 2.29. The molecule has 4 rings (SSSR count). The Morgan fingerprint density at radius 3 is 2.68 bits per heavy atom. The molecule has 2 aromatic heterocycles. The maximum absolute atomic E-state index is 13.0. The lowest BCUT2D eigenvalue weighted by Crippen LogP contribution is -2.26. The first-order valence-corrected chi connectivity index (χ1v) is 10.0. The molecule has 0 aliphatic carbocycles. The van der Waals surface area contributed by atoms with Crippen molar-refractivity contribution in [2.75, 3.05) is 17.2 Å². The van der Waals surface area contributed by atoms with Gasteiger partial charge in [0.15, 0.2) is 5.82 Å². The maximum atomic E-state index is 13.0. The minimum atomic E-state index is -0.374. The van der Waals surface area contributed by atoms with Gasteiger partial charge in [0.05, 0.1) is 12.1 Å². The average molecular weight is 421 g/mol. The van der Waals surface area contributed by atoms with Crippen LogP contribution in [-0.4, -0.2) is 39.3 Å². The first-order chi connectivity index (χ1) is 14.9. The van der Waals surface area contributed by atoms with Crippen LogP contribution in [-0.2, 0) is 6.54 Å². The van der Waals surface area contributed by atoms with Gasteiger partial charge in [-0.15, -0.1) is 0 Å². The Hall–Kier alpha value is -3.88. The molecule has 0 radical (unpaired) electrons. The number of anilines is 2. The smallest absolute Gasteiger partial charge is 0.272 e. The zero-order valence-corrected chi connectivity index (χ0v) is 17.5. The van der Waals surface area contributed by atoms with E-state index in [0.717, 1.165) is 17.7 Å². The van der Waals surface area contributed by atoms with Crippen molar-refractivity contribution in [3.05, 3.63) is 64.2 Å². The Kier molecular flexibility index (Phi) is 5.33. The SMILES string of the molecule is CCCN1Cc2[nH]c(C(=O)Nc3cc(C(=O)Nc4ccon4)ccc3C)c(C)c2C1=O. The molecule has 1 aliphatic rings. The summed E-state index contributed by atoms with van der Waals surface area (Å²) in [4.78, 5) is 42.9. The van der Waals surface area contributed by atoms with Crippen molar-refractivity contribution in [1.29, 1.82) is 0 Å². The van der Waals surface area contributed by atoms with E-state index in [1.807, 2.05) is 13.8 Å². The average Bonchev–Trinajstić information content (AvgIpc) is 3.43. The fourth-order valence-electron chi connectivity index (χ4n) is 3.71. The normalized spacial score (nSPS) is 12.7. The lowest BCUT2D eigenvalue weighted by molar-refractivity contribution is 0.0776. The first kappa shape index (κ1) is 20.4. The van der Waals surface area contributed by atoms with Crippen LogP contribution in [0.1, 0.15) is 61.4 Å². The molecule has 1 aliphatic heterocycles. The van der Waals surface area contributed by atoms with Crippen molar-refractivity contribution in [2.45, 2.75) is 33.7 Å². The number of H-pyrrole nitrogens is 1. The number of hydrogen-bond donors (Lipinski definition) is 3. The molecule has 160 valence electrons. The third kappa shape index (κ3) is 3.81. The minimum Gasteiger partial charge on any atom is -0.363 e. The van der Waals surface area contributed by atoms with E-state index >= 15 is 0 Å². The van der Waals surface area contributed by atoms with Crippen LogP contribution in [0, 0.1) is 13.8 Å². The number of aromatic nitrogens is 2. The highest BCUT2D eigenvalue weighted by Gasteiger charge is 2.33. The van der Waals surface area contributed by atoms with Gasteiger partial charge in [0, 0.05) is 29.6 Å². The van der Waals surface area contributed by atoms with Gasteiger partial charge in [0.25, 0.3) is 17.7 Å². The Bertz CT molecular complexity index is 1160. The molecule has 0 bridgehead atoms. The van der Waals surface area contributed by atoms with E-state index in [2.05, 4.69) is 20.8 Å². The van der Waals surface area contributed by atoms with Crippen molar-refractivity contribution in [2.24, 2.45) is 0 Å². The van der Waals surface area contributed by atoms with E-state index in [-0.39, 0.29) is 17.7 Å². The molecule has 3 heterocycles. The summed E-state index contributed by atoms with van der Waals surface area (Å²) >= 11 is 0. The number of benzene rings is 1. The van der Waals surface area contributed by atoms with Crippen LogP contribution in [0.5, 0.6) is 0 Å². The summed E-state index contributed by atoms with van der Waals surface area (Å²) in [6.45, 7) is 6.79. The van der Waals surface area contributed by atoms with Crippen LogP contribution >= 0.6 is 0 Å². The number of hydrogen-bond acceptors (Lipinski definition) is 5. The molecule has 1 aromatic carbocycles. The first-order valence-electron chi connectivity index (χ1n) is 10.0. The molecule has 31 heavy (non-hydrogen) atoms. The van der Waals surface area contributed by atoms with E-state index in [1.165, 1.54) is 12.3 Å². The summed E-state index contributed by atoms with van der Waals surface area (Å²) in [7, 11) is 0. The Morgan fingerprint density at radius 2 is 2.00 bits per heavy atom. The van der Waals surface area contributed by atoms with Gasteiger partial charge in [-0.1, -0.05) is 18.1 Å². The number of rotatable bonds is 6. The second-order valence-corrected chi connectivity index (χ2v) is 7.53. The van der Waals surface area contributed by atoms with E-state index in [0.29, 0.717) is 47.0 Å². The van der Waals surface area contributed by atoms with Gasteiger partial charge in [0.1, 0.15) is 12.0 Å². The molecule has 0 saturated heterocycles. The number of aromatic amines is 1. The predicted octanol–water partition coefficient (Wildman–Crippen LogP) is 3.49. The zero-order chi connectivity index (χ0) is 22.1. The molecular weight excluding hydrogens is 398 g/mol. The number of nitrogens with one attached hydrogen (secondary N) is 3. The maximum Gasteiger partial charge on any atom is 0.272 e. The van der Waals surface area contributed by atoms with Crippen LogP contribution in [0.15, 0.2) is 35.1 Å². The molecule has 3 N–H and O–H groups in total. The van der Waals surface area contributed by atoms with Crippen molar-refractivity contribution in [3.8, 4) is 0 Å². The summed E-state index contributed by atoms with van der Waals surface area (Å²) in [6.07, 6.45) is 2.24. The van der Waals surface area contributed by atoms with Crippen molar-refractivity contribution in [1.82, 2.24) is 15.0 Å². The highest BCUT2D eigenvalue weighted by atomic mass is 16.5. The van der Waals surface area contributed by atoms with Crippen LogP contribution in [0.3, 0.4) is 0 Å². The molecule has 0 spiro atoms. The van der Waals surface area contributed by atoms with Crippen molar-refractivity contribution in [3.63, 3.8) is 0 Å². The quantitative estimate of drug-likeness (QED) is 0.563. The number of aryl methyl sites for hydroxylation is 1. The molecule has 3 amide bonds. The second kappa shape index (κ2) is 8.10. The summed E-state index contributed by atoms with van der Waals surface area (Å²) in [5, 5.41) is 9.13. The summed E-state index contributed by atoms with van der Waals surface area (Å²) < 4.78 is 4.71. The number of carbonyl (C=O) groups is 3. The standard InChI is InChI=1S/C22H23N5O4/c1-4-8-27-11-16-18(22(27)30)13(3)19(23-16)21(29)24-15-10-14(6-5-12(15)2)20(28)25-17-7-9-31-26-17/h5-7,9-10,23H,4,8,11H2,1-3H3,(H,24,29)(H,25,26,28). The molecule has 0 atom stereocenters. The van der Waals surface area contributed by atoms with E-state index in [4.69, 9.17) is 4.52 Å². The van der Waals surface area contributed by atoms with Gasteiger partial charge < -0.3 is 25.0 Å². The van der Waals surface area contributed by atoms with Gasteiger partial charge in [-0.05, 0) is 43.5 Å². The van der Waals surface area contributed by atoms with Crippen molar-refractivity contribution >= 4 is 29.2 Å². The summed E-state index contributed by atoms with van der Waals surface area (Å²) in [5.41, 5.74) is 3.99. The number of fused-ring (bicyclic) bond motifs is 1. The number of carbonyl (C=O) groups excluding carboxylic acids is 3. The topological polar surface area (TPSA) is 120 Å². The molecule has 9 nitrogen and oxygen atoms in total. The largest absolute Gasteiger partial charge is 0.363 e. The molecular formula is C22H23N5O4. The van der Waals surface area contributed by atoms with Crippen LogP contribution in [0.2, 0.25) is 0 Å². The Morgan fingerprint density at radius 1 is 1.19 bits per heavy atom. The van der Waals surface area contributed by atoms with Gasteiger partial charge in [-0.2, -0.15) is 0 Å². The molecule has 9 heteroatoms. The van der Waals surface area contributed by atoms with Gasteiger partial charge >= 0.3 is 0 Å². The number of nitrogens with zero attached hydrogens (tertiary/aromatic N) is 2. The molecule has 0 saturated carbocycles. The lowest BCUT2D eigenvalue weighted by Gasteiger charge is -2.15. The molecule has 0 unspecified atom stereocenters.